The Bertz CT molecular complexity index is 405. The third-order valence-electron chi connectivity index (χ3n) is 3.62. The highest BCUT2D eigenvalue weighted by atomic mass is 35.5. The molecule has 0 radical (unpaired) electrons. The topological polar surface area (TPSA) is 15.3 Å². The van der Waals surface area contributed by atoms with Crippen molar-refractivity contribution >= 4 is 11.6 Å². The number of halogens is 2. The predicted molar refractivity (Wildman–Crippen MR) is 78.0 cm³/mol. The van der Waals surface area contributed by atoms with Gasteiger partial charge in [-0.2, -0.15) is 0 Å². The van der Waals surface area contributed by atoms with E-state index in [0.717, 1.165) is 18.7 Å². The molecule has 1 fully saturated rings. The highest BCUT2D eigenvalue weighted by Gasteiger charge is 2.13. The van der Waals surface area contributed by atoms with E-state index in [9.17, 15) is 4.39 Å². The molecule has 0 saturated carbocycles. The molecule has 2 rings (SSSR count). The molecular formula is C15H22ClFN2. The first-order valence-corrected chi connectivity index (χ1v) is 7.42. The standard InChI is InChI=1S/C15H22ClFN2/c1-12(11-19-7-3-2-4-8-19)18-10-13-5-6-15(17)14(16)9-13/h5-6,9,12,18H,2-4,7-8,10-11H2,1H3. The van der Waals surface area contributed by atoms with E-state index >= 15 is 0 Å². The fourth-order valence-corrected chi connectivity index (χ4v) is 2.74. The maximum absolute atomic E-state index is 13.0. The minimum absolute atomic E-state index is 0.197. The van der Waals surface area contributed by atoms with Crippen molar-refractivity contribution in [2.75, 3.05) is 19.6 Å². The predicted octanol–water partition coefficient (Wildman–Crippen LogP) is 3.44. The Kier molecular flexibility index (Phi) is 5.61. The Morgan fingerprint density at radius 1 is 1.32 bits per heavy atom. The van der Waals surface area contributed by atoms with Gasteiger partial charge in [-0.15, -0.1) is 0 Å². The van der Waals surface area contributed by atoms with E-state index in [0.29, 0.717) is 6.04 Å². The third kappa shape index (κ3) is 4.75. The Morgan fingerprint density at radius 2 is 2.05 bits per heavy atom. The van der Waals surface area contributed by atoms with Crippen molar-refractivity contribution in [1.29, 1.82) is 0 Å². The zero-order valence-corrected chi connectivity index (χ0v) is 12.2. The van der Waals surface area contributed by atoms with Gasteiger partial charge in [-0.25, -0.2) is 4.39 Å². The zero-order chi connectivity index (χ0) is 13.7. The second kappa shape index (κ2) is 7.22. The molecule has 1 N–H and O–H groups in total. The Labute approximate surface area is 119 Å². The lowest BCUT2D eigenvalue weighted by Crippen LogP contribution is -2.41. The summed E-state index contributed by atoms with van der Waals surface area (Å²) in [5, 5.41) is 3.67. The Hall–Kier alpha value is -0.640. The monoisotopic (exact) mass is 284 g/mol. The number of nitrogens with zero attached hydrogens (tertiary/aromatic N) is 1. The average Bonchev–Trinajstić information content (AvgIpc) is 2.41. The van der Waals surface area contributed by atoms with Crippen LogP contribution < -0.4 is 5.32 Å². The lowest BCUT2D eigenvalue weighted by Gasteiger charge is -2.29. The molecular weight excluding hydrogens is 263 g/mol. The average molecular weight is 285 g/mol. The quantitative estimate of drug-likeness (QED) is 0.891. The molecule has 0 bridgehead atoms. The van der Waals surface area contributed by atoms with Gasteiger partial charge in [0, 0.05) is 19.1 Å². The summed E-state index contributed by atoms with van der Waals surface area (Å²) in [6, 6.07) is 5.33. The Morgan fingerprint density at radius 3 is 2.74 bits per heavy atom. The zero-order valence-electron chi connectivity index (χ0n) is 11.5. The van der Waals surface area contributed by atoms with E-state index in [-0.39, 0.29) is 10.8 Å². The number of rotatable bonds is 5. The van der Waals surface area contributed by atoms with Crippen LogP contribution in [0.25, 0.3) is 0 Å². The molecule has 2 nitrogen and oxygen atoms in total. The van der Waals surface area contributed by atoms with Gasteiger partial charge < -0.3 is 10.2 Å². The number of nitrogens with one attached hydrogen (secondary N) is 1. The van der Waals surface area contributed by atoms with Gasteiger partial charge in [-0.3, -0.25) is 0 Å². The first kappa shape index (κ1) is 14.8. The van der Waals surface area contributed by atoms with Crippen LogP contribution in [0.15, 0.2) is 18.2 Å². The van der Waals surface area contributed by atoms with E-state index in [1.54, 1.807) is 12.1 Å². The number of hydrogen-bond donors (Lipinski definition) is 1. The van der Waals surface area contributed by atoms with Crippen LogP contribution in [0.1, 0.15) is 31.7 Å². The van der Waals surface area contributed by atoms with Gasteiger partial charge >= 0.3 is 0 Å². The summed E-state index contributed by atoms with van der Waals surface area (Å²) in [5.41, 5.74) is 1.02. The summed E-state index contributed by atoms with van der Waals surface area (Å²) in [4.78, 5) is 2.51. The van der Waals surface area contributed by atoms with Gasteiger partial charge in [-0.1, -0.05) is 24.1 Å². The first-order valence-electron chi connectivity index (χ1n) is 7.05. The molecule has 1 saturated heterocycles. The summed E-state index contributed by atoms with van der Waals surface area (Å²) < 4.78 is 13.0. The summed E-state index contributed by atoms with van der Waals surface area (Å²) in [6.07, 6.45) is 4.01. The minimum atomic E-state index is -0.355. The minimum Gasteiger partial charge on any atom is -0.309 e. The molecule has 1 unspecified atom stereocenters. The maximum Gasteiger partial charge on any atom is 0.141 e. The van der Waals surface area contributed by atoms with Crippen molar-refractivity contribution in [1.82, 2.24) is 10.2 Å². The lowest BCUT2D eigenvalue weighted by molar-refractivity contribution is 0.209. The normalized spacial score (nSPS) is 18.5. The van der Waals surface area contributed by atoms with Crippen molar-refractivity contribution < 1.29 is 4.39 Å². The van der Waals surface area contributed by atoms with Gasteiger partial charge in [0.15, 0.2) is 0 Å². The number of piperidine rings is 1. The van der Waals surface area contributed by atoms with E-state index in [4.69, 9.17) is 11.6 Å². The second-order valence-electron chi connectivity index (χ2n) is 5.39. The van der Waals surface area contributed by atoms with Gasteiger partial charge in [0.1, 0.15) is 5.82 Å². The van der Waals surface area contributed by atoms with E-state index < -0.39 is 0 Å². The summed E-state index contributed by atoms with van der Waals surface area (Å²) in [6.45, 7) is 6.44. The molecule has 1 atom stereocenters. The van der Waals surface area contributed by atoms with Crippen molar-refractivity contribution in [2.45, 2.75) is 38.8 Å². The van der Waals surface area contributed by atoms with Crippen molar-refractivity contribution in [3.8, 4) is 0 Å². The molecule has 1 aliphatic rings. The number of likely N-dealkylation sites (tertiary alicyclic amines) is 1. The molecule has 4 heteroatoms. The van der Waals surface area contributed by atoms with Crippen LogP contribution >= 0.6 is 11.6 Å². The second-order valence-corrected chi connectivity index (χ2v) is 5.80. The van der Waals surface area contributed by atoms with Crippen LogP contribution in [-0.2, 0) is 6.54 Å². The summed E-state index contributed by atoms with van der Waals surface area (Å²) >= 11 is 5.77. The first-order chi connectivity index (χ1) is 9.15. The van der Waals surface area contributed by atoms with Crippen LogP contribution in [-0.4, -0.2) is 30.6 Å². The molecule has 19 heavy (non-hydrogen) atoms. The Balaban J connectivity index is 1.75. The molecule has 0 spiro atoms. The highest BCUT2D eigenvalue weighted by Crippen LogP contribution is 2.16. The van der Waals surface area contributed by atoms with Crippen LogP contribution in [0, 0.1) is 5.82 Å². The van der Waals surface area contributed by atoms with Crippen molar-refractivity contribution in [3.05, 3.63) is 34.6 Å². The maximum atomic E-state index is 13.0. The molecule has 1 heterocycles. The summed E-state index contributed by atoms with van der Waals surface area (Å²) in [5.74, 6) is -0.355. The van der Waals surface area contributed by atoms with E-state index in [2.05, 4.69) is 17.1 Å². The smallest absolute Gasteiger partial charge is 0.141 e. The molecule has 0 aromatic heterocycles. The van der Waals surface area contributed by atoms with Crippen molar-refractivity contribution in [3.63, 3.8) is 0 Å². The SMILES string of the molecule is CC(CN1CCCCC1)NCc1ccc(F)c(Cl)c1. The molecule has 1 aromatic rings. The van der Waals surface area contributed by atoms with Gasteiger partial charge in [0.25, 0.3) is 0 Å². The van der Waals surface area contributed by atoms with Crippen LogP contribution in [0.2, 0.25) is 5.02 Å². The van der Waals surface area contributed by atoms with E-state index in [1.165, 1.54) is 38.4 Å². The van der Waals surface area contributed by atoms with Crippen molar-refractivity contribution in [2.24, 2.45) is 0 Å². The van der Waals surface area contributed by atoms with E-state index in [1.807, 2.05) is 0 Å². The van der Waals surface area contributed by atoms with Crippen LogP contribution in [0.5, 0.6) is 0 Å². The fourth-order valence-electron chi connectivity index (χ4n) is 2.54. The fraction of sp³-hybridized carbons (Fsp3) is 0.600. The van der Waals surface area contributed by atoms with Gasteiger partial charge in [0.05, 0.1) is 5.02 Å². The number of hydrogen-bond acceptors (Lipinski definition) is 2. The van der Waals surface area contributed by atoms with Crippen LogP contribution in [0.4, 0.5) is 4.39 Å². The highest BCUT2D eigenvalue weighted by molar-refractivity contribution is 6.30. The lowest BCUT2D eigenvalue weighted by atomic mass is 10.1. The molecule has 106 valence electrons. The molecule has 0 amide bonds. The van der Waals surface area contributed by atoms with Gasteiger partial charge in [0.2, 0.25) is 0 Å². The van der Waals surface area contributed by atoms with Gasteiger partial charge in [-0.05, 0) is 50.6 Å². The molecule has 0 aliphatic carbocycles. The molecule has 1 aliphatic heterocycles. The summed E-state index contributed by atoms with van der Waals surface area (Å²) in [7, 11) is 0. The molecule has 1 aromatic carbocycles. The third-order valence-corrected chi connectivity index (χ3v) is 3.91. The van der Waals surface area contributed by atoms with Crippen LogP contribution in [0.3, 0.4) is 0 Å². The number of benzene rings is 1. The largest absolute Gasteiger partial charge is 0.309 e.